The van der Waals surface area contributed by atoms with Crippen LogP contribution in [0, 0.1) is 13.8 Å². The van der Waals surface area contributed by atoms with Crippen molar-refractivity contribution >= 4 is 29.1 Å². The van der Waals surface area contributed by atoms with E-state index in [1.54, 1.807) is 24.3 Å². The minimum Gasteiger partial charge on any atom is -0.347 e. The molecule has 2 rings (SSSR count). The Bertz CT molecular complexity index is 691. The maximum Gasteiger partial charge on any atom is 0.243 e. The summed E-state index contributed by atoms with van der Waals surface area (Å²) in [4.78, 5) is 23.7. The second-order valence-corrected chi connectivity index (χ2v) is 5.94. The molecule has 23 heavy (non-hydrogen) atoms. The van der Waals surface area contributed by atoms with Gasteiger partial charge in [-0.05, 0) is 54.8 Å². The molecule has 2 aromatic rings. The lowest BCUT2D eigenvalue weighted by atomic mass is 10.1. The summed E-state index contributed by atoms with van der Waals surface area (Å²) in [5.74, 6) is -0.456. The number of amides is 2. The van der Waals surface area contributed by atoms with Gasteiger partial charge in [-0.1, -0.05) is 29.8 Å². The van der Waals surface area contributed by atoms with Crippen LogP contribution in [0.5, 0.6) is 0 Å². The zero-order chi connectivity index (χ0) is 16.8. The largest absolute Gasteiger partial charge is 0.347 e. The third kappa shape index (κ3) is 5.75. The van der Waals surface area contributed by atoms with Gasteiger partial charge in [0.2, 0.25) is 11.8 Å². The molecule has 0 atom stereocenters. The zero-order valence-electron chi connectivity index (χ0n) is 13.2. The highest BCUT2D eigenvalue weighted by molar-refractivity contribution is 6.30. The lowest BCUT2D eigenvalue weighted by Gasteiger charge is -2.09. The number of rotatable bonds is 5. The molecule has 0 bridgehead atoms. The van der Waals surface area contributed by atoms with Crippen molar-refractivity contribution in [2.24, 2.45) is 0 Å². The van der Waals surface area contributed by atoms with E-state index in [1.165, 1.54) is 0 Å². The summed E-state index contributed by atoms with van der Waals surface area (Å²) < 4.78 is 0. The maximum atomic E-state index is 11.9. The summed E-state index contributed by atoms with van der Waals surface area (Å²) in [6.45, 7) is 3.88. The maximum absolute atomic E-state index is 11.9. The van der Waals surface area contributed by atoms with Crippen LogP contribution < -0.4 is 10.6 Å². The van der Waals surface area contributed by atoms with E-state index in [-0.39, 0.29) is 24.8 Å². The van der Waals surface area contributed by atoms with Crippen molar-refractivity contribution in [1.29, 1.82) is 0 Å². The molecule has 120 valence electrons. The monoisotopic (exact) mass is 330 g/mol. The van der Waals surface area contributed by atoms with E-state index in [0.29, 0.717) is 5.02 Å². The van der Waals surface area contributed by atoms with E-state index in [9.17, 15) is 9.59 Å². The van der Waals surface area contributed by atoms with Gasteiger partial charge in [-0.2, -0.15) is 0 Å². The average molecular weight is 331 g/mol. The number of hydrogen-bond donors (Lipinski definition) is 2. The van der Waals surface area contributed by atoms with Gasteiger partial charge < -0.3 is 10.6 Å². The standard InChI is InChI=1S/C18H19ClN2O2/c1-12-7-13(2)9-16(8-12)21-18(23)11-20-17(22)10-14-3-5-15(19)6-4-14/h3-9H,10-11H2,1-2H3,(H,20,22)(H,21,23). The van der Waals surface area contributed by atoms with E-state index in [0.717, 1.165) is 22.4 Å². The van der Waals surface area contributed by atoms with Crippen molar-refractivity contribution in [3.8, 4) is 0 Å². The number of carbonyl (C=O) groups excluding carboxylic acids is 2. The number of carbonyl (C=O) groups is 2. The van der Waals surface area contributed by atoms with Crippen LogP contribution in [0.4, 0.5) is 5.69 Å². The van der Waals surface area contributed by atoms with E-state index < -0.39 is 0 Å². The Morgan fingerprint density at radius 2 is 1.57 bits per heavy atom. The predicted octanol–water partition coefficient (Wildman–Crippen LogP) is 3.25. The van der Waals surface area contributed by atoms with Crippen LogP contribution in [0.2, 0.25) is 5.02 Å². The Morgan fingerprint density at radius 1 is 0.957 bits per heavy atom. The fraction of sp³-hybridized carbons (Fsp3) is 0.222. The van der Waals surface area contributed by atoms with Gasteiger partial charge in [0.15, 0.2) is 0 Å². The second kappa shape index (κ2) is 7.79. The highest BCUT2D eigenvalue weighted by atomic mass is 35.5. The van der Waals surface area contributed by atoms with E-state index in [4.69, 9.17) is 11.6 Å². The molecule has 2 aromatic carbocycles. The van der Waals surface area contributed by atoms with Crippen molar-refractivity contribution in [2.45, 2.75) is 20.3 Å². The Labute approximate surface area is 140 Å². The van der Waals surface area contributed by atoms with Gasteiger partial charge in [-0.25, -0.2) is 0 Å². The predicted molar refractivity (Wildman–Crippen MR) is 92.7 cm³/mol. The molecule has 0 aromatic heterocycles. The topological polar surface area (TPSA) is 58.2 Å². The van der Waals surface area contributed by atoms with Gasteiger partial charge in [0.05, 0.1) is 13.0 Å². The molecule has 5 heteroatoms. The SMILES string of the molecule is Cc1cc(C)cc(NC(=O)CNC(=O)Cc2ccc(Cl)cc2)c1. The first-order chi connectivity index (χ1) is 10.9. The molecule has 0 heterocycles. The molecular formula is C18H19ClN2O2. The molecule has 0 saturated heterocycles. The van der Waals surface area contributed by atoms with Gasteiger partial charge in [0.25, 0.3) is 0 Å². The van der Waals surface area contributed by atoms with Gasteiger partial charge in [0, 0.05) is 10.7 Å². The molecular weight excluding hydrogens is 312 g/mol. The third-order valence-electron chi connectivity index (χ3n) is 3.23. The first kappa shape index (κ1) is 17.0. The lowest BCUT2D eigenvalue weighted by Crippen LogP contribution is -2.33. The fourth-order valence-electron chi connectivity index (χ4n) is 2.28. The van der Waals surface area contributed by atoms with Crippen molar-refractivity contribution in [3.63, 3.8) is 0 Å². The molecule has 0 fully saturated rings. The van der Waals surface area contributed by atoms with Crippen molar-refractivity contribution < 1.29 is 9.59 Å². The summed E-state index contributed by atoms with van der Waals surface area (Å²) in [5.41, 5.74) is 3.74. The van der Waals surface area contributed by atoms with Gasteiger partial charge >= 0.3 is 0 Å². The number of anilines is 1. The summed E-state index contributed by atoms with van der Waals surface area (Å²) in [6, 6.07) is 12.9. The van der Waals surface area contributed by atoms with Crippen LogP contribution >= 0.6 is 11.6 Å². The van der Waals surface area contributed by atoms with Crippen LogP contribution in [0.15, 0.2) is 42.5 Å². The first-order valence-electron chi connectivity index (χ1n) is 7.31. The Hall–Kier alpha value is -2.33. The number of hydrogen-bond acceptors (Lipinski definition) is 2. The molecule has 0 radical (unpaired) electrons. The third-order valence-corrected chi connectivity index (χ3v) is 3.48. The Morgan fingerprint density at radius 3 is 2.17 bits per heavy atom. The molecule has 0 unspecified atom stereocenters. The number of halogens is 1. The van der Waals surface area contributed by atoms with Gasteiger partial charge in [-0.3, -0.25) is 9.59 Å². The van der Waals surface area contributed by atoms with Crippen molar-refractivity contribution in [3.05, 3.63) is 64.2 Å². The summed E-state index contributed by atoms with van der Waals surface area (Å²) in [6.07, 6.45) is 0.216. The number of aryl methyl sites for hydroxylation is 2. The highest BCUT2D eigenvalue weighted by Crippen LogP contribution is 2.13. The summed E-state index contributed by atoms with van der Waals surface area (Å²) in [5, 5.41) is 6.02. The highest BCUT2D eigenvalue weighted by Gasteiger charge is 2.07. The first-order valence-corrected chi connectivity index (χ1v) is 7.69. The van der Waals surface area contributed by atoms with Gasteiger partial charge in [-0.15, -0.1) is 0 Å². The number of nitrogens with one attached hydrogen (secondary N) is 2. The Kier molecular flexibility index (Phi) is 5.77. The summed E-state index contributed by atoms with van der Waals surface area (Å²) in [7, 11) is 0. The van der Waals surface area contributed by atoms with E-state index in [1.807, 2.05) is 32.0 Å². The molecule has 4 nitrogen and oxygen atoms in total. The normalized spacial score (nSPS) is 10.2. The number of benzene rings is 2. The zero-order valence-corrected chi connectivity index (χ0v) is 13.9. The lowest BCUT2D eigenvalue weighted by molar-refractivity contribution is -0.123. The summed E-state index contributed by atoms with van der Waals surface area (Å²) >= 11 is 5.80. The molecule has 2 amide bonds. The molecule has 2 N–H and O–H groups in total. The van der Waals surface area contributed by atoms with Crippen LogP contribution in [0.3, 0.4) is 0 Å². The van der Waals surface area contributed by atoms with Crippen LogP contribution in [0.1, 0.15) is 16.7 Å². The van der Waals surface area contributed by atoms with Crippen molar-refractivity contribution in [1.82, 2.24) is 5.32 Å². The second-order valence-electron chi connectivity index (χ2n) is 5.50. The average Bonchev–Trinajstić information content (AvgIpc) is 2.46. The molecule has 0 aliphatic rings. The van der Waals surface area contributed by atoms with Crippen LogP contribution in [0.25, 0.3) is 0 Å². The molecule has 0 spiro atoms. The minimum atomic E-state index is -0.251. The van der Waals surface area contributed by atoms with E-state index >= 15 is 0 Å². The Balaban J connectivity index is 1.81. The smallest absolute Gasteiger partial charge is 0.243 e. The molecule has 0 aliphatic heterocycles. The van der Waals surface area contributed by atoms with Crippen LogP contribution in [-0.4, -0.2) is 18.4 Å². The fourth-order valence-corrected chi connectivity index (χ4v) is 2.41. The van der Waals surface area contributed by atoms with E-state index in [2.05, 4.69) is 10.6 Å². The van der Waals surface area contributed by atoms with Gasteiger partial charge in [0.1, 0.15) is 0 Å². The minimum absolute atomic E-state index is 0.0561. The molecule has 0 saturated carbocycles. The van der Waals surface area contributed by atoms with Crippen LogP contribution in [-0.2, 0) is 16.0 Å². The van der Waals surface area contributed by atoms with Crippen molar-refractivity contribution in [2.75, 3.05) is 11.9 Å². The molecule has 0 aliphatic carbocycles. The quantitative estimate of drug-likeness (QED) is 0.884.